The summed E-state index contributed by atoms with van der Waals surface area (Å²) >= 11 is 0. The Labute approximate surface area is 204 Å². The van der Waals surface area contributed by atoms with Crippen LogP contribution >= 0.6 is 0 Å². The summed E-state index contributed by atoms with van der Waals surface area (Å²) in [4.78, 5) is 41.8. The van der Waals surface area contributed by atoms with Crippen molar-refractivity contribution in [3.05, 3.63) is 65.9 Å². The van der Waals surface area contributed by atoms with Crippen molar-refractivity contribution in [1.82, 2.24) is 5.16 Å². The Morgan fingerprint density at radius 2 is 1.69 bits per heavy atom. The number of nitrogens with zero attached hydrogens (tertiary/aromatic N) is 2. The number of rotatable bonds is 6. The van der Waals surface area contributed by atoms with E-state index in [0.29, 0.717) is 22.8 Å². The molecule has 7 heteroatoms. The zero-order valence-corrected chi connectivity index (χ0v) is 19.9. The Kier molecular flexibility index (Phi) is 6.24. The highest BCUT2D eigenvalue weighted by molar-refractivity contribution is 6.49. The first kappa shape index (κ1) is 23.0. The van der Waals surface area contributed by atoms with Crippen LogP contribution < -0.4 is 9.64 Å². The minimum atomic E-state index is -1.02. The number of amides is 1. The van der Waals surface area contributed by atoms with E-state index in [9.17, 15) is 14.4 Å². The average Bonchev–Trinajstić information content (AvgIpc) is 3.45. The van der Waals surface area contributed by atoms with Gasteiger partial charge in [-0.05, 0) is 74.2 Å². The van der Waals surface area contributed by atoms with E-state index < -0.39 is 23.7 Å². The third kappa shape index (κ3) is 4.27. The average molecular weight is 473 g/mol. The van der Waals surface area contributed by atoms with Crippen molar-refractivity contribution < 1.29 is 23.6 Å². The van der Waals surface area contributed by atoms with Crippen LogP contribution in [0.5, 0.6) is 5.75 Å². The highest BCUT2D eigenvalue weighted by Crippen LogP contribution is 2.41. The predicted molar refractivity (Wildman–Crippen MR) is 130 cm³/mol. The van der Waals surface area contributed by atoms with Gasteiger partial charge in [0, 0.05) is 22.9 Å². The Morgan fingerprint density at radius 1 is 1.00 bits per heavy atom. The van der Waals surface area contributed by atoms with Gasteiger partial charge in [0.25, 0.3) is 5.91 Å². The molecule has 0 N–H and O–H groups in total. The summed E-state index contributed by atoms with van der Waals surface area (Å²) in [6, 6.07) is 15.4. The lowest BCUT2D eigenvalue weighted by Crippen LogP contribution is -2.43. The van der Waals surface area contributed by atoms with Gasteiger partial charge in [0.2, 0.25) is 5.78 Å². The molecule has 2 aliphatic rings. The second-order valence-electron chi connectivity index (χ2n) is 9.38. The van der Waals surface area contributed by atoms with Crippen LogP contribution in [0, 0.1) is 18.8 Å². The first-order valence-electron chi connectivity index (χ1n) is 12.1. The monoisotopic (exact) mass is 472 g/mol. The number of carbonyl (C=O) groups is 3. The maximum Gasteiger partial charge on any atom is 0.295 e. The molecular formula is C28H28N2O5. The number of anilines is 1. The molecule has 2 atom stereocenters. The van der Waals surface area contributed by atoms with Crippen molar-refractivity contribution in [2.45, 2.75) is 45.1 Å². The van der Waals surface area contributed by atoms with Crippen molar-refractivity contribution in [2.75, 3.05) is 12.0 Å². The highest BCUT2D eigenvalue weighted by Gasteiger charge is 2.54. The second-order valence-corrected chi connectivity index (χ2v) is 9.38. The lowest BCUT2D eigenvalue weighted by Gasteiger charge is -2.35. The molecule has 2 fully saturated rings. The van der Waals surface area contributed by atoms with Crippen molar-refractivity contribution in [3.8, 4) is 17.1 Å². The zero-order valence-electron chi connectivity index (χ0n) is 19.9. The van der Waals surface area contributed by atoms with Crippen LogP contribution in [0.2, 0.25) is 0 Å². The van der Waals surface area contributed by atoms with Crippen LogP contribution in [0.4, 0.5) is 5.69 Å². The molecule has 180 valence electrons. The first-order valence-corrected chi connectivity index (χ1v) is 12.1. The van der Waals surface area contributed by atoms with Gasteiger partial charge in [0.15, 0.2) is 11.5 Å². The van der Waals surface area contributed by atoms with E-state index >= 15 is 0 Å². The zero-order chi connectivity index (χ0) is 24.5. The molecule has 2 unspecified atom stereocenters. The molecule has 5 rings (SSSR count). The van der Waals surface area contributed by atoms with E-state index in [0.717, 1.165) is 43.4 Å². The van der Waals surface area contributed by atoms with Gasteiger partial charge in [-0.1, -0.05) is 24.4 Å². The Hall–Kier alpha value is -3.74. The number of hydrogen-bond acceptors (Lipinski definition) is 6. The predicted octanol–water partition coefficient (Wildman–Crippen LogP) is 5.02. The van der Waals surface area contributed by atoms with E-state index in [1.165, 1.54) is 0 Å². The van der Waals surface area contributed by atoms with E-state index in [1.54, 1.807) is 36.3 Å². The van der Waals surface area contributed by atoms with Crippen molar-refractivity contribution in [3.63, 3.8) is 0 Å². The van der Waals surface area contributed by atoms with Gasteiger partial charge in [-0.2, -0.15) is 0 Å². The number of benzene rings is 2. The number of ketones is 2. The fourth-order valence-corrected chi connectivity index (χ4v) is 5.43. The van der Waals surface area contributed by atoms with Gasteiger partial charge in [0.1, 0.15) is 11.7 Å². The van der Waals surface area contributed by atoms with Gasteiger partial charge in [0.05, 0.1) is 18.8 Å². The van der Waals surface area contributed by atoms with Gasteiger partial charge in [-0.25, -0.2) is 0 Å². The van der Waals surface area contributed by atoms with Crippen molar-refractivity contribution in [2.24, 2.45) is 11.8 Å². The van der Waals surface area contributed by atoms with Crippen LogP contribution in [0.3, 0.4) is 0 Å². The van der Waals surface area contributed by atoms with E-state index in [1.807, 2.05) is 37.3 Å². The molecule has 1 aromatic heterocycles. The smallest absolute Gasteiger partial charge is 0.295 e. The lowest BCUT2D eigenvalue weighted by atomic mass is 9.76. The summed E-state index contributed by atoms with van der Waals surface area (Å²) in [7, 11) is 1.56. The quantitative estimate of drug-likeness (QED) is 0.284. The number of ether oxygens (including phenoxy) is 1. The molecule has 7 nitrogen and oxygen atoms in total. The highest BCUT2D eigenvalue weighted by atomic mass is 16.5. The maximum absolute atomic E-state index is 13.6. The number of methoxy groups -OCH3 is 1. The molecule has 1 aliphatic carbocycles. The third-order valence-corrected chi connectivity index (χ3v) is 7.20. The molecule has 1 amide bonds. The van der Waals surface area contributed by atoms with Gasteiger partial charge in [-0.15, -0.1) is 0 Å². The molecule has 1 saturated heterocycles. The number of aryl methyl sites for hydroxylation is 1. The minimum Gasteiger partial charge on any atom is -0.497 e. The maximum atomic E-state index is 13.6. The number of hydrogen-bond donors (Lipinski definition) is 0. The SMILES string of the molecule is COc1ccc(C(=O)C2C(=O)C(=O)N(c3ccc(-c4cc(C)no4)cc3)C2C2CCCCC2)cc1. The standard InChI is InChI=1S/C28H28N2O5/c1-17-16-23(35-29-17)18-8-12-21(13-9-18)30-25(19-6-4-3-5-7-19)24(27(32)28(30)33)26(31)20-10-14-22(34-2)15-11-20/h8-16,19,24-25H,3-7H2,1-2H3. The fourth-order valence-electron chi connectivity index (χ4n) is 5.43. The van der Waals surface area contributed by atoms with Crippen LogP contribution in [-0.2, 0) is 9.59 Å². The molecule has 1 aliphatic heterocycles. The largest absolute Gasteiger partial charge is 0.497 e. The van der Waals surface area contributed by atoms with Crippen molar-refractivity contribution >= 4 is 23.2 Å². The van der Waals surface area contributed by atoms with Crippen LogP contribution in [0.15, 0.2) is 59.1 Å². The number of carbonyl (C=O) groups excluding carboxylic acids is 3. The normalized spacial score (nSPS) is 20.9. The number of aromatic nitrogens is 1. The topological polar surface area (TPSA) is 89.7 Å². The Balaban J connectivity index is 1.51. The lowest BCUT2D eigenvalue weighted by molar-refractivity contribution is -0.135. The van der Waals surface area contributed by atoms with E-state index in [4.69, 9.17) is 9.26 Å². The summed E-state index contributed by atoms with van der Waals surface area (Å²) < 4.78 is 10.5. The minimum absolute atomic E-state index is 0.0861. The van der Waals surface area contributed by atoms with Crippen LogP contribution in [0.1, 0.15) is 48.2 Å². The van der Waals surface area contributed by atoms with Gasteiger partial charge < -0.3 is 14.2 Å². The molecule has 35 heavy (non-hydrogen) atoms. The molecule has 1 saturated carbocycles. The van der Waals surface area contributed by atoms with Crippen LogP contribution in [0.25, 0.3) is 11.3 Å². The summed E-state index contributed by atoms with van der Waals surface area (Å²) in [5.41, 5.74) is 2.63. The molecule has 2 aromatic carbocycles. The first-order chi connectivity index (χ1) is 17.0. The van der Waals surface area contributed by atoms with Crippen LogP contribution in [-0.4, -0.2) is 35.8 Å². The van der Waals surface area contributed by atoms with Gasteiger partial charge in [-0.3, -0.25) is 14.4 Å². The summed E-state index contributed by atoms with van der Waals surface area (Å²) in [5.74, 6) is -1.22. The molecule has 3 aromatic rings. The second kappa shape index (κ2) is 9.49. The summed E-state index contributed by atoms with van der Waals surface area (Å²) in [6.45, 7) is 1.85. The fraction of sp³-hybridized carbons (Fsp3) is 0.357. The molecule has 0 bridgehead atoms. The number of Topliss-reactive ketones (excluding diaryl/α,β-unsaturated/α-hetero) is 2. The van der Waals surface area contributed by atoms with E-state index in [-0.39, 0.29) is 11.7 Å². The van der Waals surface area contributed by atoms with Crippen molar-refractivity contribution in [1.29, 1.82) is 0 Å². The Bertz CT molecular complexity index is 1240. The Morgan fingerprint density at radius 3 is 2.29 bits per heavy atom. The third-order valence-electron chi connectivity index (χ3n) is 7.20. The van der Waals surface area contributed by atoms with Gasteiger partial charge >= 0.3 is 0 Å². The molecule has 2 heterocycles. The summed E-state index contributed by atoms with van der Waals surface area (Å²) in [6.07, 6.45) is 4.98. The molecule has 0 radical (unpaired) electrons. The van der Waals surface area contributed by atoms with E-state index in [2.05, 4.69) is 5.16 Å². The molecular weight excluding hydrogens is 444 g/mol. The summed E-state index contributed by atoms with van der Waals surface area (Å²) in [5, 5.41) is 3.93. The molecule has 0 spiro atoms.